The Bertz CT molecular complexity index is 762. The van der Waals surface area contributed by atoms with Crippen molar-refractivity contribution in [2.24, 2.45) is 0 Å². The Morgan fingerprint density at radius 1 is 1.07 bits per heavy atom. The first-order valence-corrected chi connectivity index (χ1v) is 9.17. The fourth-order valence-corrected chi connectivity index (χ4v) is 2.61. The molecule has 8 nitrogen and oxygen atoms in total. The van der Waals surface area contributed by atoms with Crippen LogP contribution in [0.25, 0.3) is 0 Å². The van der Waals surface area contributed by atoms with Gasteiger partial charge in [-0.3, -0.25) is 25.2 Å². The number of carbonyl (C=O) groups excluding carboxylic acids is 3. The molecule has 0 unspecified atom stereocenters. The molecule has 0 aliphatic heterocycles. The number of benzene rings is 1. The Kier molecular flexibility index (Phi) is 7.63. The average molecular weight is 391 g/mol. The van der Waals surface area contributed by atoms with E-state index < -0.39 is 17.9 Å². The molecule has 0 bridgehead atoms. The molecule has 0 fully saturated rings. The summed E-state index contributed by atoms with van der Waals surface area (Å²) in [5.74, 6) is -0.225. The van der Waals surface area contributed by atoms with Crippen LogP contribution in [0.15, 0.2) is 41.8 Å². The normalized spacial score (nSPS) is 11.2. The van der Waals surface area contributed by atoms with Gasteiger partial charge in [0.2, 0.25) is 0 Å². The van der Waals surface area contributed by atoms with Gasteiger partial charge in [-0.1, -0.05) is 6.07 Å². The predicted octanol–water partition coefficient (Wildman–Crippen LogP) is 1.49. The smallest absolute Gasteiger partial charge is 0.279 e. The van der Waals surface area contributed by atoms with Gasteiger partial charge in [-0.15, -0.1) is 11.3 Å². The van der Waals surface area contributed by atoms with Gasteiger partial charge < -0.3 is 14.8 Å². The van der Waals surface area contributed by atoms with Gasteiger partial charge in [0.1, 0.15) is 11.5 Å². The summed E-state index contributed by atoms with van der Waals surface area (Å²) in [6.45, 7) is 3.74. The Labute approximate surface area is 160 Å². The van der Waals surface area contributed by atoms with E-state index in [0.29, 0.717) is 23.0 Å². The summed E-state index contributed by atoms with van der Waals surface area (Å²) in [6.07, 6.45) is -0.830. The second-order valence-electron chi connectivity index (χ2n) is 5.36. The van der Waals surface area contributed by atoms with E-state index in [-0.39, 0.29) is 12.5 Å². The lowest BCUT2D eigenvalue weighted by atomic mass is 10.3. The highest BCUT2D eigenvalue weighted by atomic mass is 32.1. The van der Waals surface area contributed by atoms with Crippen molar-refractivity contribution in [1.82, 2.24) is 16.2 Å². The SMILES string of the molecule is CCOc1ccc(O[C@H](C)C(=O)NNC(=O)CNC(=O)c2cccs2)cc1. The lowest BCUT2D eigenvalue weighted by Crippen LogP contribution is -2.50. The van der Waals surface area contributed by atoms with E-state index in [4.69, 9.17) is 9.47 Å². The third-order valence-corrected chi connectivity index (χ3v) is 4.17. The minimum absolute atomic E-state index is 0.259. The molecule has 1 aromatic heterocycles. The maximum absolute atomic E-state index is 12.0. The summed E-state index contributed by atoms with van der Waals surface area (Å²) < 4.78 is 10.8. The zero-order valence-corrected chi connectivity index (χ0v) is 15.8. The molecular formula is C18H21N3O5S. The van der Waals surface area contributed by atoms with Gasteiger partial charge in [-0.25, -0.2) is 0 Å². The lowest BCUT2D eigenvalue weighted by Gasteiger charge is -2.15. The Hall–Kier alpha value is -3.07. The van der Waals surface area contributed by atoms with E-state index >= 15 is 0 Å². The van der Waals surface area contributed by atoms with Crippen LogP contribution in [0.2, 0.25) is 0 Å². The molecule has 1 aromatic carbocycles. The summed E-state index contributed by atoms with van der Waals surface area (Å²) in [5, 5.41) is 4.22. The van der Waals surface area contributed by atoms with Gasteiger partial charge in [0.05, 0.1) is 18.0 Å². The first-order valence-electron chi connectivity index (χ1n) is 8.29. The van der Waals surface area contributed by atoms with Gasteiger partial charge in [-0.2, -0.15) is 0 Å². The predicted molar refractivity (Wildman–Crippen MR) is 101 cm³/mol. The number of carbonyl (C=O) groups is 3. The number of amides is 3. The van der Waals surface area contributed by atoms with Crippen LogP contribution in [0.4, 0.5) is 0 Å². The quantitative estimate of drug-likeness (QED) is 0.591. The first kappa shape index (κ1) is 20.2. The molecule has 2 aromatic rings. The fraction of sp³-hybridized carbons (Fsp3) is 0.278. The van der Waals surface area contributed by atoms with Crippen LogP contribution in [0.1, 0.15) is 23.5 Å². The van der Waals surface area contributed by atoms with Crippen LogP contribution >= 0.6 is 11.3 Å². The minimum Gasteiger partial charge on any atom is -0.494 e. The number of rotatable bonds is 8. The highest BCUT2D eigenvalue weighted by Gasteiger charge is 2.16. The van der Waals surface area contributed by atoms with Crippen molar-refractivity contribution in [1.29, 1.82) is 0 Å². The minimum atomic E-state index is -0.830. The van der Waals surface area contributed by atoms with Crippen molar-refractivity contribution in [2.75, 3.05) is 13.2 Å². The van der Waals surface area contributed by atoms with Gasteiger partial charge >= 0.3 is 0 Å². The molecule has 0 saturated carbocycles. The number of thiophene rings is 1. The van der Waals surface area contributed by atoms with Crippen LogP contribution in [0, 0.1) is 0 Å². The number of hydrogen-bond donors (Lipinski definition) is 3. The maximum atomic E-state index is 12.0. The number of nitrogens with one attached hydrogen (secondary N) is 3. The molecule has 2 rings (SSSR count). The maximum Gasteiger partial charge on any atom is 0.279 e. The number of ether oxygens (including phenoxy) is 2. The zero-order valence-electron chi connectivity index (χ0n) is 15.0. The van der Waals surface area contributed by atoms with E-state index in [0.717, 1.165) is 0 Å². The molecule has 144 valence electrons. The second-order valence-corrected chi connectivity index (χ2v) is 6.31. The topological polar surface area (TPSA) is 106 Å². The van der Waals surface area contributed by atoms with Crippen LogP contribution in [0.3, 0.4) is 0 Å². The molecule has 27 heavy (non-hydrogen) atoms. The molecule has 0 aliphatic carbocycles. The molecule has 1 atom stereocenters. The third kappa shape index (κ3) is 6.63. The molecular weight excluding hydrogens is 370 g/mol. The van der Waals surface area contributed by atoms with Crippen molar-refractivity contribution < 1.29 is 23.9 Å². The van der Waals surface area contributed by atoms with Gasteiger partial charge in [-0.05, 0) is 49.6 Å². The highest BCUT2D eigenvalue weighted by molar-refractivity contribution is 7.12. The van der Waals surface area contributed by atoms with Crippen molar-refractivity contribution in [3.05, 3.63) is 46.7 Å². The second kappa shape index (κ2) is 10.2. The Morgan fingerprint density at radius 3 is 2.41 bits per heavy atom. The van der Waals surface area contributed by atoms with Crippen molar-refractivity contribution in [3.63, 3.8) is 0 Å². The van der Waals surface area contributed by atoms with Gasteiger partial charge in [0, 0.05) is 0 Å². The Morgan fingerprint density at radius 2 is 1.78 bits per heavy atom. The largest absolute Gasteiger partial charge is 0.494 e. The van der Waals surface area contributed by atoms with Gasteiger partial charge in [0.15, 0.2) is 6.10 Å². The van der Waals surface area contributed by atoms with E-state index in [2.05, 4.69) is 16.2 Å². The standard InChI is InChI=1S/C18H21N3O5S/c1-3-25-13-6-8-14(9-7-13)26-12(2)17(23)21-20-16(22)11-19-18(24)15-5-4-10-27-15/h4-10,12H,3,11H2,1-2H3,(H,19,24)(H,20,22)(H,21,23)/t12-/m1/s1. The highest BCUT2D eigenvalue weighted by Crippen LogP contribution is 2.18. The monoisotopic (exact) mass is 391 g/mol. The molecule has 0 saturated heterocycles. The summed E-state index contributed by atoms with van der Waals surface area (Å²) >= 11 is 1.27. The van der Waals surface area contributed by atoms with E-state index in [1.807, 2.05) is 6.92 Å². The van der Waals surface area contributed by atoms with Crippen LogP contribution in [0.5, 0.6) is 11.5 Å². The third-order valence-electron chi connectivity index (χ3n) is 3.30. The van der Waals surface area contributed by atoms with Crippen LogP contribution in [-0.4, -0.2) is 37.0 Å². The number of hydrazine groups is 1. The molecule has 3 amide bonds. The molecule has 9 heteroatoms. The molecule has 1 heterocycles. The fourth-order valence-electron chi connectivity index (χ4n) is 1.97. The summed E-state index contributed by atoms with van der Waals surface area (Å²) in [6, 6.07) is 10.2. The van der Waals surface area contributed by atoms with Crippen LogP contribution < -0.4 is 25.6 Å². The van der Waals surface area contributed by atoms with E-state index in [9.17, 15) is 14.4 Å². The molecule has 0 spiro atoms. The van der Waals surface area contributed by atoms with E-state index in [1.165, 1.54) is 11.3 Å². The molecule has 3 N–H and O–H groups in total. The average Bonchev–Trinajstić information content (AvgIpc) is 3.20. The van der Waals surface area contributed by atoms with Gasteiger partial charge in [0.25, 0.3) is 17.7 Å². The van der Waals surface area contributed by atoms with Crippen molar-refractivity contribution >= 4 is 29.1 Å². The van der Waals surface area contributed by atoms with E-state index in [1.54, 1.807) is 48.7 Å². The first-order chi connectivity index (χ1) is 13.0. The summed E-state index contributed by atoms with van der Waals surface area (Å²) in [4.78, 5) is 35.9. The molecule has 0 aliphatic rings. The number of hydrogen-bond acceptors (Lipinski definition) is 6. The lowest BCUT2D eigenvalue weighted by molar-refractivity contribution is -0.132. The van der Waals surface area contributed by atoms with Crippen molar-refractivity contribution in [2.45, 2.75) is 20.0 Å². The Balaban J connectivity index is 1.70. The molecule has 0 radical (unpaired) electrons. The summed E-state index contributed by atoms with van der Waals surface area (Å²) in [5.41, 5.74) is 4.48. The van der Waals surface area contributed by atoms with Crippen LogP contribution in [-0.2, 0) is 9.59 Å². The van der Waals surface area contributed by atoms with Crippen molar-refractivity contribution in [3.8, 4) is 11.5 Å². The summed E-state index contributed by atoms with van der Waals surface area (Å²) in [7, 11) is 0. The zero-order chi connectivity index (χ0) is 19.6.